The molecule has 0 aliphatic carbocycles. The number of carbonyl (C=O) groups is 1. The van der Waals surface area contributed by atoms with Crippen molar-refractivity contribution in [2.45, 2.75) is 6.92 Å². The molecule has 2 N–H and O–H groups in total. The number of benzene rings is 1. The fraction of sp³-hybridized carbons (Fsp3) is 0.143. The summed E-state index contributed by atoms with van der Waals surface area (Å²) in [4.78, 5) is 11.6. The van der Waals surface area contributed by atoms with Crippen LogP contribution in [0.2, 0.25) is 0 Å². The maximum atomic E-state index is 13.9. The molecule has 0 aliphatic rings. The lowest BCUT2D eigenvalue weighted by molar-refractivity contribution is -0.893. The van der Waals surface area contributed by atoms with Crippen molar-refractivity contribution in [1.29, 1.82) is 0 Å². The van der Waals surface area contributed by atoms with E-state index in [0.717, 1.165) is 24.8 Å². The molecule has 1 heterocycles. The van der Waals surface area contributed by atoms with Crippen LogP contribution in [0.5, 0.6) is 0 Å². The Morgan fingerprint density at radius 1 is 1.29 bits per heavy atom. The Labute approximate surface area is 119 Å². The number of hydrogen-bond acceptors (Lipinski definition) is 4. The highest BCUT2D eigenvalue weighted by molar-refractivity contribution is 5.96. The van der Waals surface area contributed by atoms with Gasteiger partial charge in [-0.2, -0.15) is 4.39 Å². The molecule has 0 radical (unpaired) electrons. The Hall–Kier alpha value is -2.70. The van der Waals surface area contributed by atoms with E-state index in [1.165, 1.54) is 12.3 Å². The number of anilines is 2. The van der Waals surface area contributed by atoms with E-state index in [0.29, 0.717) is 4.73 Å². The molecule has 1 aromatic carbocycles. The van der Waals surface area contributed by atoms with Gasteiger partial charge in [-0.3, -0.25) is 0 Å². The van der Waals surface area contributed by atoms with Crippen molar-refractivity contribution < 1.29 is 28.2 Å². The third kappa shape index (κ3) is 2.91. The predicted octanol–water partition coefficient (Wildman–Crippen LogP) is 2.33. The van der Waals surface area contributed by atoms with E-state index < -0.39 is 23.3 Å². The van der Waals surface area contributed by atoms with Gasteiger partial charge in [-0.15, -0.1) is 0 Å². The number of pyridine rings is 1. The van der Waals surface area contributed by atoms with Gasteiger partial charge >= 0.3 is 11.8 Å². The van der Waals surface area contributed by atoms with Crippen molar-refractivity contribution in [2.75, 3.05) is 12.4 Å². The van der Waals surface area contributed by atoms with Gasteiger partial charge in [0.2, 0.25) is 5.82 Å². The first-order valence-electron chi connectivity index (χ1n) is 5.99. The molecule has 0 amide bonds. The zero-order chi connectivity index (χ0) is 15.6. The van der Waals surface area contributed by atoms with Crippen molar-refractivity contribution in [3.8, 4) is 0 Å². The average Bonchev–Trinajstić information content (AvgIpc) is 2.45. The van der Waals surface area contributed by atoms with Crippen molar-refractivity contribution >= 4 is 17.5 Å². The Bertz CT molecular complexity index is 705. The highest BCUT2D eigenvalue weighted by Crippen LogP contribution is 2.25. The first-order chi connectivity index (χ1) is 9.93. The van der Waals surface area contributed by atoms with Gasteiger partial charge in [0.25, 0.3) is 0 Å². The fourth-order valence-electron chi connectivity index (χ4n) is 1.77. The number of nitrogens with zero attached hydrogens (tertiary/aromatic N) is 1. The Kier molecular flexibility index (Phi) is 4.02. The zero-order valence-corrected chi connectivity index (χ0v) is 11.4. The van der Waals surface area contributed by atoms with E-state index >= 15 is 0 Å². The third-order valence-corrected chi connectivity index (χ3v) is 2.83. The second-order valence-corrected chi connectivity index (χ2v) is 4.34. The van der Waals surface area contributed by atoms with Crippen LogP contribution in [0.4, 0.5) is 20.3 Å². The van der Waals surface area contributed by atoms with E-state index in [2.05, 4.69) is 10.1 Å². The third-order valence-electron chi connectivity index (χ3n) is 2.83. The smallest absolute Gasteiger partial charge is 0.342 e. The number of halogens is 2. The first kappa shape index (κ1) is 14.7. The standard InChI is InChI=1S/C14H12F2N2O3/c1-8-3-6-11(18(20)7-8)17-13-9(14(19)21-2)4-5-10(15)12(13)16/h3-7,20H,1-2H3/p+1. The highest BCUT2D eigenvalue weighted by Gasteiger charge is 2.24. The molecule has 1 aromatic heterocycles. The minimum Gasteiger partial charge on any atom is -0.465 e. The van der Waals surface area contributed by atoms with E-state index in [-0.39, 0.29) is 11.4 Å². The van der Waals surface area contributed by atoms with Crippen LogP contribution in [0, 0.1) is 18.6 Å². The summed E-state index contributed by atoms with van der Waals surface area (Å²) in [5, 5.41) is 12.2. The highest BCUT2D eigenvalue weighted by atomic mass is 19.2. The minimum absolute atomic E-state index is 0.0650. The Morgan fingerprint density at radius 2 is 2.00 bits per heavy atom. The van der Waals surface area contributed by atoms with Gasteiger partial charge in [0.15, 0.2) is 11.5 Å². The number of esters is 1. The van der Waals surface area contributed by atoms with Crippen LogP contribution >= 0.6 is 0 Å². The molecule has 0 fully saturated rings. The molecule has 21 heavy (non-hydrogen) atoms. The van der Waals surface area contributed by atoms with Gasteiger partial charge in [0.1, 0.15) is 11.8 Å². The van der Waals surface area contributed by atoms with E-state index in [9.17, 15) is 18.8 Å². The summed E-state index contributed by atoms with van der Waals surface area (Å²) < 4.78 is 32.5. The molecular formula is C14H13F2N2O3+. The number of carbonyl (C=O) groups excluding carboxylic acids is 1. The van der Waals surface area contributed by atoms with Gasteiger partial charge in [-0.05, 0) is 30.7 Å². The maximum absolute atomic E-state index is 13.9. The van der Waals surface area contributed by atoms with Gasteiger partial charge in [0.05, 0.1) is 7.11 Å². The van der Waals surface area contributed by atoms with Crippen LogP contribution in [0.1, 0.15) is 15.9 Å². The summed E-state index contributed by atoms with van der Waals surface area (Å²) in [6.45, 7) is 1.75. The SMILES string of the molecule is COC(=O)c1ccc(F)c(F)c1Nc1ccc(C)c[n+]1O. The summed E-state index contributed by atoms with van der Waals surface area (Å²) in [5.74, 6) is -3.12. The molecular weight excluding hydrogens is 282 g/mol. The maximum Gasteiger partial charge on any atom is 0.342 e. The second kappa shape index (κ2) is 5.74. The van der Waals surface area contributed by atoms with E-state index in [1.54, 1.807) is 13.0 Å². The van der Waals surface area contributed by atoms with Crippen LogP contribution in [0.15, 0.2) is 30.5 Å². The number of nitrogens with one attached hydrogen (secondary N) is 1. The molecule has 2 aromatic rings. The van der Waals surface area contributed by atoms with E-state index in [4.69, 9.17) is 0 Å². The molecule has 0 unspecified atom stereocenters. The van der Waals surface area contributed by atoms with E-state index in [1.807, 2.05) is 0 Å². The zero-order valence-electron chi connectivity index (χ0n) is 11.4. The number of ether oxygens (including phenoxy) is 1. The number of aromatic nitrogens is 1. The number of aryl methyl sites for hydroxylation is 1. The van der Waals surface area contributed by atoms with Crippen LogP contribution in [-0.2, 0) is 4.74 Å². The summed E-state index contributed by atoms with van der Waals surface area (Å²) in [6, 6.07) is 5.04. The molecule has 0 spiro atoms. The topological polar surface area (TPSA) is 62.4 Å². The molecule has 0 saturated heterocycles. The normalized spacial score (nSPS) is 10.3. The monoisotopic (exact) mass is 295 g/mol. The van der Waals surface area contributed by atoms with Crippen LogP contribution in [0.25, 0.3) is 0 Å². The van der Waals surface area contributed by atoms with Crippen LogP contribution < -0.4 is 10.0 Å². The fourth-order valence-corrected chi connectivity index (χ4v) is 1.77. The summed E-state index contributed by atoms with van der Waals surface area (Å²) in [6.07, 6.45) is 1.37. The molecule has 0 atom stereocenters. The average molecular weight is 295 g/mol. The molecule has 7 heteroatoms. The number of hydrogen-bond donors (Lipinski definition) is 2. The van der Waals surface area contributed by atoms with Crippen LogP contribution in [0.3, 0.4) is 0 Å². The molecule has 0 bridgehead atoms. The minimum atomic E-state index is -1.24. The van der Waals surface area contributed by atoms with Crippen molar-refractivity contribution in [2.24, 2.45) is 0 Å². The van der Waals surface area contributed by atoms with Crippen molar-refractivity contribution in [3.05, 3.63) is 53.2 Å². The summed E-state index contributed by atoms with van der Waals surface area (Å²) in [7, 11) is 1.13. The van der Waals surface area contributed by atoms with Gasteiger partial charge < -0.3 is 9.94 Å². The van der Waals surface area contributed by atoms with Crippen molar-refractivity contribution in [1.82, 2.24) is 0 Å². The molecule has 0 aliphatic heterocycles. The lowest BCUT2D eigenvalue weighted by atomic mass is 10.1. The van der Waals surface area contributed by atoms with Gasteiger partial charge in [0, 0.05) is 6.07 Å². The summed E-state index contributed by atoms with van der Waals surface area (Å²) in [5.41, 5.74) is 0.168. The Balaban J connectivity index is 2.51. The molecule has 5 nitrogen and oxygen atoms in total. The van der Waals surface area contributed by atoms with Gasteiger partial charge in [-0.25, -0.2) is 14.5 Å². The largest absolute Gasteiger partial charge is 0.465 e. The summed E-state index contributed by atoms with van der Waals surface area (Å²) >= 11 is 0. The number of methoxy groups -OCH3 is 1. The van der Waals surface area contributed by atoms with Crippen molar-refractivity contribution in [3.63, 3.8) is 0 Å². The Morgan fingerprint density at radius 3 is 2.62 bits per heavy atom. The molecule has 110 valence electrons. The predicted molar refractivity (Wildman–Crippen MR) is 69.5 cm³/mol. The molecule has 2 rings (SSSR count). The lowest BCUT2D eigenvalue weighted by Gasteiger charge is -2.08. The first-order valence-corrected chi connectivity index (χ1v) is 5.99. The van der Waals surface area contributed by atoms with Crippen LogP contribution in [-0.4, -0.2) is 18.3 Å². The number of rotatable bonds is 3. The quantitative estimate of drug-likeness (QED) is 0.518. The second-order valence-electron chi connectivity index (χ2n) is 4.34. The lowest BCUT2D eigenvalue weighted by Crippen LogP contribution is -2.33. The molecule has 0 saturated carbocycles. The van der Waals surface area contributed by atoms with Gasteiger partial charge in [-0.1, -0.05) is 4.73 Å².